The number of halogens is 3. The lowest BCUT2D eigenvalue weighted by atomic mass is 9.93. The van der Waals surface area contributed by atoms with Crippen LogP contribution in [0.15, 0.2) is 42.5 Å². The minimum Gasteiger partial charge on any atom is -0.207 e. The van der Waals surface area contributed by atoms with E-state index in [2.05, 4.69) is 0 Å². The summed E-state index contributed by atoms with van der Waals surface area (Å²) < 4.78 is 26.9. The molecule has 2 rings (SSSR count). The molecule has 0 heterocycles. The fourth-order valence-corrected chi connectivity index (χ4v) is 2.25. The first-order valence-electron chi connectivity index (χ1n) is 5.70. The molecule has 0 fully saturated rings. The number of nitrogens with zero attached hydrogens (tertiary/aromatic N) is 1. The molecule has 0 aliphatic carbocycles. The van der Waals surface area contributed by atoms with Gasteiger partial charge in [-0.1, -0.05) is 29.8 Å². The molecule has 2 aromatic rings. The maximum absolute atomic E-state index is 13.8. The van der Waals surface area contributed by atoms with Crippen LogP contribution in [-0.2, 0) is 6.42 Å². The highest BCUT2D eigenvalue weighted by molar-refractivity contribution is 6.31. The molecule has 0 aliphatic rings. The highest BCUT2D eigenvalue weighted by atomic mass is 35.5. The van der Waals surface area contributed by atoms with Crippen LogP contribution in [0.2, 0.25) is 5.02 Å². The largest absolute Gasteiger partial charge is 0.207 e. The third-order valence-electron chi connectivity index (χ3n) is 2.83. The summed E-state index contributed by atoms with van der Waals surface area (Å²) in [5.74, 6) is -1.64. The maximum atomic E-state index is 13.8. The van der Waals surface area contributed by atoms with Crippen LogP contribution in [0.4, 0.5) is 8.78 Å². The maximum Gasteiger partial charge on any atom is 0.129 e. The first kappa shape index (κ1) is 13.5. The fourth-order valence-electron chi connectivity index (χ4n) is 1.96. The van der Waals surface area contributed by atoms with E-state index in [4.69, 9.17) is 11.6 Å². The van der Waals surface area contributed by atoms with Crippen LogP contribution in [0.25, 0.3) is 0 Å². The van der Waals surface area contributed by atoms with Crippen molar-refractivity contribution in [3.63, 3.8) is 0 Å². The smallest absolute Gasteiger partial charge is 0.129 e. The van der Waals surface area contributed by atoms with Crippen LogP contribution in [0.1, 0.15) is 17.0 Å². The highest BCUT2D eigenvalue weighted by Gasteiger charge is 2.19. The van der Waals surface area contributed by atoms with Crippen LogP contribution >= 0.6 is 11.6 Å². The van der Waals surface area contributed by atoms with Crippen molar-refractivity contribution in [3.8, 4) is 6.07 Å². The molecule has 0 radical (unpaired) electrons. The van der Waals surface area contributed by atoms with Gasteiger partial charge in [0.2, 0.25) is 0 Å². The van der Waals surface area contributed by atoms with Crippen molar-refractivity contribution in [1.82, 2.24) is 0 Å². The molecule has 0 N–H and O–H groups in total. The van der Waals surface area contributed by atoms with Crippen LogP contribution in [0, 0.1) is 23.0 Å². The van der Waals surface area contributed by atoms with E-state index in [1.807, 2.05) is 6.07 Å². The van der Waals surface area contributed by atoms with Crippen molar-refractivity contribution in [1.29, 1.82) is 5.26 Å². The minimum absolute atomic E-state index is 0.163. The van der Waals surface area contributed by atoms with Gasteiger partial charge in [0.05, 0.1) is 12.0 Å². The fraction of sp³-hybridized carbons (Fsp3) is 0.133. The Balaban J connectivity index is 2.34. The zero-order chi connectivity index (χ0) is 13.8. The second-order valence-electron chi connectivity index (χ2n) is 4.15. The molecule has 0 amide bonds. The summed E-state index contributed by atoms with van der Waals surface area (Å²) >= 11 is 5.94. The van der Waals surface area contributed by atoms with Crippen molar-refractivity contribution >= 4 is 11.6 Å². The standard InChI is InChI=1S/C15H10ClF2N/c16-13-5-2-6-14(18)15(13)11(9-19)7-10-3-1-4-12(17)8-10/h1-6,8,11H,7H2. The Morgan fingerprint density at radius 3 is 2.53 bits per heavy atom. The van der Waals surface area contributed by atoms with E-state index in [0.717, 1.165) is 0 Å². The number of rotatable bonds is 3. The lowest BCUT2D eigenvalue weighted by molar-refractivity contribution is 0.598. The van der Waals surface area contributed by atoms with Gasteiger partial charge in [0, 0.05) is 10.6 Å². The Kier molecular flexibility index (Phi) is 4.13. The van der Waals surface area contributed by atoms with E-state index in [1.165, 1.54) is 30.3 Å². The minimum atomic E-state index is -0.740. The SMILES string of the molecule is N#CC(Cc1cccc(F)c1)c1c(F)cccc1Cl. The van der Waals surface area contributed by atoms with Crippen molar-refractivity contribution in [2.45, 2.75) is 12.3 Å². The predicted molar refractivity (Wildman–Crippen MR) is 69.9 cm³/mol. The third kappa shape index (κ3) is 3.10. The van der Waals surface area contributed by atoms with Gasteiger partial charge in [0.25, 0.3) is 0 Å². The van der Waals surface area contributed by atoms with E-state index < -0.39 is 11.7 Å². The molecule has 96 valence electrons. The highest BCUT2D eigenvalue weighted by Crippen LogP contribution is 2.29. The summed E-state index contributed by atoms with van der Waals surface area (Å²) in [6.45, 7) is 0. The van der Waals surface area contributed by atoms with Gasteiger partial charge in [0.1, 0.15) is 11.6 Å². The number of benzene rings is 2. The molecule has 2 aromatic carbocycles. The van der Waals surface area contributed by atoms with E-state index in [9.17, 15) is 14.0 Å². The lowest BCUT2D eigenvalue weighted by Crippen LogP contribution is -2.04. The molecular weight excluding hydrogens is 268 g/mol. The third-order valence-corrected chi connectivity index (χ3v) is 3.16. The molecule has 19 heavy (non-hydrogen) atoms. The first-order valence-corrected chi connectivity index (χ1v) is 6.07. The number of hydrogen-bond donors (Lipinski definition) is 0. The van der Waals surface area contributed by atoms with Gasteiger partial charge in [-0.15, -0.1) is 0 Å². The Morgan fingerprint density at radius 2 is 1.89 bits per heavy atom. The molecule has 1 atom stereocenters. The predicted octanol–water partition coefficient (Wildman–Crippen LogP) is 4.47. The summed E-state index contributed by atoms with van der Waals surface area (Å²) in [6, 6.07) is 12.2. The van der Waals surface area contributed by atoms with Gasteiger partial charge in [-0.3, -0.25) is 0 Å². The zero-order valence-electron chi connectivity index (χ0n) is 9.91. The molecule has 1 unspecified atom stereocenters. The summed E-state index contributed by atoms with van der Waals surface area (Å²) in [6.07, 6.45) is 0.217. The molecule has 0 aliphatic heterocycles. The first-order chi connectivity index (χ1) is 9.11. The molecule has 0 spiro atoms. The number of hydrogen-bond acceptors (Lipinski definition) is 1. The van der Waals surface area contributed by atoms with Crippen molar-refractivity contribution in [2.24, 2.45) is 0 Å². The van der Waals surface area contributed by atoms with E-state index in [1.54, 1.807) is 12.1 Å². The van der Waals surface area contributed by atoms with E-state index >= 15 is 0 Å². The Bertz CT molecular complexity index is 614. The normalized spacial score (nSPS) is 11.9. The zero-order valence-corrected chi connectivity index (χ0v) is 10.7. The van der Waals surface area contributed by atoms with Gasteiger partial charge in [-0.2, -0.15) is 5.26 Å². The summed E-state index contributed by atoms with van der Waals surface area (Å²) in [5, 5.41) is 9.40. The Labute approximate surface area is 115 Å². The molecule has 0 bridgehead atoms. The Morgan fingerprint density at radius 1 is 1.16 bits per heavy atom. The van der Waals surface area contributed by atoms with E-state index in [0.29, 0.717) is 5.56 Å². The van der Waals surface area contributed by atoms with Gasteiger partial charge in [0.15, 0.2) is 0 Å². The van der Waals surface area contributed by atoms with Crippen molar-refractivity contribution in [2.75, 3.05) is 0 Å². The Hall–Kier alpha value is -1.92. The molecule has 1 nitrogen and oxygen atoms in total. The summed E-state index contributed by atoms with van der Waals surface area (Å²) in [5.41, 5.74) is 0.793. The quantitative estimate of drug-likeness (QED) is 0.812. The van der Waals surface area contributed by atoms with Crippen LogP contribution in [0.3, 0.4) is 0 Å². The molecule has 0 saturated heterocycles. The van der Waals surface area contributed by atoms with Gasteiger partial charge >= 0.3 is 0 Å². The second-order valence-corrected chi connectivity index (χ2v) is 4.56. The topological polar surface area (TPSA) is 23.8 Å². The van der Waals surface area contributed by atoms with Gasteiger partial charge < -0.3 is 0 Å². The molecular formula is C15H10ClF2N. The average Bonchev–Trinajstić information content (AvgIpc) is 2.37. The average molecular weight is 278 g/mol. The molecule has 0 saturated carbocycles. The summed E-state index contributed by atoms with van der Waals surface area (Å²) in [7, 11) is 0. The van der Waals surface area contributed by atoms with Crippen LogP contribution in [-0.4, -0.2) is 0 Å². The van der Waals surface area contributed by atoms with Crippen molar-refractivity contribution in [3.05, 3.63) is 70.2 Å². The molecule has 0 aromatic heterocycles. The van der Waals surface area contributed by atoms with Crippen LogP contribution < -0.4 is 0 Å². The van der Waals surface area contributed by atoms with Crippen LogP contribution in [0.5, 0.6) is 0 Å². The number of nitriles is 1. The monoisotopic (exact) mass is 277 g/mol. The van der Waals surface area contributed by atoms with E-state index in [-0.39, 0.29) is 22.8 Å². The molecule has 4 heteroatoms. The summed E-state index contributed by atoms with van der Waals surface area (Å²) in [4.78, 5) is 0. The lowest BCUT2D eigenvalue weighted by Gasteiger charge is -2.12. The van der Waals surface area contributed by atoms with Crippen molar-refractivity contribution < 1.29 is 8.78 Å². The van der Waals surface area contributed by atoms with Gasteiger partial charge in [-0.25, -0.2) is 8.78 Å². The second kappa shape index (κ2) is 5.81. The van der Waals surface area contributed by atoms with Gasteiger partial charge in [-0.05, 0) is 36.2 Å².